The van der Waals surface area contributed by atoms with Crippen LogP contribution in [0.2, 0.25) is 0 Å². The van der Waals surface area contributed by atoms with Crippen LogP contribution in [0, 0.1) is 0 Å². The van der Waals surface area contributed by atoms with Gasteiger partial charge in [0, 0.05) is 62.1 Å². The number of aliphatic hydroxyl groups excluding tert-OH is 1. The summed E-state index contributed by atoms with van der Waals surface area (Å²) < 4.78 is 2.26. The minimum absolute atomic E-state index is 0.176. The third-order valence-corrected chi connectivity index (χ3v) is 6.92. The molecule has 3 aromatic rings. The molecule has 2 aromatic heterocycles. The van der Waals surface area contributed by atoms with Gasteiger partial charge in [0.25, 0.3) is 0 Å². The van der Waals surface area contributed by atoms with Gasteiger partial charge in [-0.3, -0.25) is 4.90 Å². The summed E-state index contributed by atoms with van der Waals surface area (Å²) in [6, 6.07) is 9.25. The van der Waals surface area contributed by atoms with Crippen LogP contribution in [0.5, 0.6) is 0 Å². The quantitative estimate of drug-likeness (QED) is 0.675. The maximum absolute atomic E-state index is 9.91. The second-order valence-corrected chi connectivity index (χ2v) is 9.15. The SMILES string of the molecule is CN1CCN(Cc2ccc(-c3cn(C4CCC(O)CC4)c4nc(N)ncc34)cc2)CC1. The first kappa shape index (κ1) is 20.4. The number of nitrogens with two attached hydrogens (primary N) is 1. The summed E-state index contributed by atoms with van der Waals surface area (Å²) in [6.45, 7) is 5.53. The van der Waals surface area contributed by atoms with Gasteiger partial charge in [-0.15, -0.1) is 0 Å². The van der Waals surface area contributed by atoms with E-state index < -0.39 is 0 Å². The van der Waals surface area contributed by atoms with Crippen LogP contribution in [-0.2, 0) is 6.54 Å². The summed E-state index contributed by atoms with van der Waals surface area (Å²) in [7, 11) is 2.19. The topological polar surface area (TPSA) is 83.4 Å². The Hall–Kier alpha value is -2.48. The molecule has 2 aliphatic rings. The summed E-state index contributed by atoms with van der Waals surface area (Å²) in [6.07, 6.45) is 7.46. The average molecular weight is 421 g/mol. The smallest absolute Gasteiger partial charge is 0.221 e. The van der Waals surface area contributed by atoms with Crippen molar-refractivity contribution in [2.24, 2.45) is 0 Å². The van der Waals surface area contributed by atoms with Crippen molar-refractivity contribution < 1.29 is 5.11 Å². The predicted molar refractivity (Wildman–Crippen MR) is 124 cm³/mol. The lowest BCUT2D eigenvalue weighted by Gasteiger charge is -2.32. The molecule has 31 heavy (non-hydrogen) atoms. The van der Waals surface area contributed by atoms with Gasteiger partial charge in [-0.25, -0.2) is 4.98 Å². The van der Waals surface area contributed by atoms with Crippen LogP contribution in [0.15, 0.2) is 36.7 Å². The Labute approximate surface area is 183 Å². The predicted octanol–water partition coefficient (Wildman–Crippen LogP) is 2.90. The number of likely N-dealkylation sites (N-methyl/N-ethyl adjacent to an activating group) is 1. The van der Waals surface area contributed by atoms with E-state index in [1.54, 1.807) is 0 Å². The number of aliphatic hydroxyl groups is 1. The normalized spacial score (nSPS) is 23.4. The zero-order valence-corrected chi connectivity index (χ0v) is 18.2. The van der Waals surface area contributed by atoms with Crippen molar-refractivity contribution in [3.05, 3.63) is 42.2 Å². The highest BCUT2D eigenvalue weighted by Crippen LogP contribution is 2.36. The number of aromatic nitrogens is 3. The molecular formula is C24H32N6O. The van der Waals surface area contributed by atoms with E-state index in [0.717, 1.165) is 75.0 Å². The van der Waals surface area contributed by atoms with Crippen molar-refractivity contribution in [3.63, 3.8) is 0 Å². The minimum Gasteiger partial charge on any atom is -0.393 e. The molecule has 1 aromatic carbocycles. The van der Waals surface area contributed by atoms with Gasteiger partial charge in [0.15, 0.2) is 0 Å². The number of nitrogen functional groups attached to an aromatic ring is 1. The van der Waals surface area contributed by atoms with Gasteiger partial charge in [-0.05, 0) is 43.9 Å². The minimum atomic E-state index is -0.176. The van der Waals surface area contributed by atoms with Gasteiger partial charge in [0.1, 0.15) is 5.65 Å². The maximum atomic E-state index is 9.91. The Bertz CT molecular complexity index is 1030. The van der Waals surface area contributed by atoms with Crippen molar-refractivity contribution in [2.75, 3.05) is 39.0 Å². The Morgan fingerprint density at radius 1 is 1.03 bits per heavy atom. The van der Waals surface area contributed by atoms with Crippen molar-refractivity contribution >= 4 is 17.0 Å². The van der Waals surface area contributed by atoms with Crippen LogP contribution in [0.25, 0.3) is 22.2 Å². The highest BCUT2D eigenvalue weighted by molar-refractivity contribution is 5.94. The summed E-state index contributed by atoms with van der Waals surface area (Å²) in [5.74, 6) is 0.303. The van der Waals surface area contributed by atoms with E-state index >= 15 is 0 Å². The molecule has 1 saturated carbocycles. The lowest BCUT2D eigenvalue weighted by Crippen LogP contribution is -2.43. The first-order valence-electron chi connectivity index (χ1n) is 11.4. The van der Waals surface area contributed by atoms with Gasteiger partial charge in [0.05, 0.1) is 6.10 Å². The van der Waals surface area contributed by atoms with Crippen molar-refractivity contribution in [3.8, 4) is 11.1 Å². The molecule has 3 N–H and O–H groups in total. The van der Waals surface area contributed by atoms with Gasteiger partial charge < -0.3 is 20.3 Å². The Kier molecular flexibility index (Phi) is 5.65. The molecule has 1 saturated heterocycles. The Morgan fingerprint density at radius 3 is 2.45 bits per heavy atom. The van der Waals surface area contributed by atoms with Crippen molar-refractivity contribution in [1.29, 1.82) is 0 Å². The largest absolute Gasteiger partial charge is 0.393 e. The molecule has 1 aliphatic carbocycles. The number of piperazine rings is 1. The first-order chi connectivity index (χ1) is 15.1. The van der Waals surface area contributed by atoms with E-state index in [-0.39, 0.29) is 6.10 Å². The highest BCUT2D eigenvalue weighted by atomic mass is 16.3. The van der Waals surface area contributed by atoms with Crippen molar-refractivity contribution in [2.45, 2.75) is 44.4 Å². The van der Waals surface area contributed by atoms with Gasteiger partial charge in [-0.1, -0.05) is 24.3 Å². The van der Waals surface area contributed by atoms with E-state index in [1.807, 2.05) is 6.20 Å². The van der Waals surface area contributed by atoms with Gasteiger partial charge >= 0.3 is 0 Å². The molecule has 0 bridgehead atoms. The van der Waals surface area contributed by atoms with Crippen LogP contribution in [0.4, 0.5) is 5.95 Å². The average Bonchev–Trinajstić information content (AvgIpc) is 3.15. The molecule has 7 heteroatoms. The monoisotopic (exact) mass is 420 g/mol. The number of nitrogens with zero attached hydrogens (tertiary/aromatic N) is 5. The number of hydrogen-bond acceptors (Lipinski definition) is 6. The maximum Gasteiger partial charge on any atom is 0.221 e. The lowest BCUT2D eigenvalue weighted by molar-refractivity contribution is 0.111. The van der Waals surface area contributed by atoms with E-state index in [0.29, 0.717) is 12.0 Å². The summed E-state index contributed by atoms with van der Waals surface area (Å²) in [5, 5.41) is 10.9. The fourth-order valence-electron chi connectivity index (χ4n) is 4.94. The van der Waals surface area contributed by atoms with Crippen LogP contribution < -0.4 is 5.73 Å². The van der Waals surface area contributed by atoms with E-state index in [4.69, 9.17) is 5.73 Å². The van der Waals surface area contributed by atoms with E-state index in [2.05, 4.69) is 61.8 Å². The second-order valence-electron chi connectivity index (χ2n) is 9.15. The molecular weight excluding hydrogens is 388 g/mol. The molecule has 2 fully saturated rings. The molecule has 0 amide bonds. The van der Waals surface area contributed by atoms with Crippen LogP contribution in [0.1, 0.15) is 37.3 Å². The molecule has 7 nitrogen and oxygen atoms in total. The van der Waals surface area contributed by atoms with Gasteiger partial charge in [-0.2, -0.15) is 4.98 Å². The third kappa shape index (κ3) is 4.31. The molecule has 0 atom stereocenters. The number of fused-ring (bicyclic) bond motifs is 1. The van der Waals surface area contributed by atoms with Crippen molar-refractivity contribution in [1.82, 2.24) is 24.3 Å². The van der Waals surface area contributed by atoms with Gasteiger partial charge in [0.2, 0.25) is 5.95 Å². The van der Waals surface area contributed by atoms with E-state index in [1.165, 1.54) is 11.1 Å². The molecule has 0 spiro atoms. The molecule has 0 unspecified atom stereocenters. The molecule has 164 valence electrons. The molecule has 1 aliphatic heterocycles. The lowest BCUT2D eigenvalue weighted by atomic mass is 9.93. The third-order valence-electron chi connectivity index (χ3n) is 6.92. The fourth-order valence-corrected chi connectivity index (χ4v) is 4.94. The zero-order valence-electron chi connectivity index (χ0n) is 18.2. The second kappa shape index (κ2) is 8.57. The van der Waals surface area contributed by atoms with Crippen LogP contribution >= 0.6 is 0 Å². The Morgan fingerprint density at radius 2 is 1.74 bits per heavy atom. The number of anilines is 1. The molecule has 5 rings (SSSR count). The van der Waals surface area contributed by atoms with Crippen LogP contribution in [-0.4, -0.2) is 68.8 Å². The number of hydrogen-bond donors (Lipinski definition) is 2. The summed E-state index contributed by atoms with van der Waals surface area (Å²) in [5.41, 5.74) is 10.5. The van der Waals surface area contributed by atoms with E-state index in [9.17, 15) is 5.11 Å². The summed E-state index contributed by atoms with van der Waals surface area (Å²) >= 11 is 0. The fraction of sp³-hybridized carbons (Fsp3) is 0.500. The Balaban J connectivity index is 1.42. The number of benzene rings is 1. The first-order valence-corrected chi connectivity index (χ1v) is 11.4. The highest BCUT2D eigenvalue weighted by Gasteiger charge is 2.24. The standard InChI is InChI=1S/C24H32N6O/c1-28-10-12-29(13-11-28)15-17-2-4-18(5-3-17)22-16-30(19-6-8-20(31)9-7-19)23-21(22)14-26-24(25)27-23/h2-5,14,16,19-20,31H,6-13,15H2,1H3,(H2,25,26,27). The molecule has 3 heterocycles. The zero-order chi connectivity index (χ0) is 21.4. The van der Waals surface area contributed by atoms with Crippen LogP contribution in [0.3, 0.4) is 0 Å². The number of rotatable bonds is 4. The molecule has 0 radical (unpaired) electrons. The summed E-state index contributed by atoms with van der Waals surface area (Å²) in [4.78, 5) is 13.8.